The van der Waals surface area contributed by atoms with E-state index in [9.17, 15) is 0 Å². The summed E-state index contributed by atoms with van der Waals surface area (Å²) < 4.78 is 10.4. The second-order valence-corrected chi connectivity index (χ2v) is 6.71. The van der Waals surface area contributed by atoms with Crippen LogP contribution in [-0.4, -0.2) is 9.00 Å². The van der Waals surface area contributed by atoms with Gasteiger partial charge in [0.2, 0.25) is 5.89 Å². The van der Waals surface area contributed by atoms with Crippen molar-refractivity contribution in [1.82, 2.24) is 4.98 Å². The minimum atomic E-state index is 0.0323. The fraction of sp³-hybridized carbons (Fsp3) is 0.176. The molecule has 2 aromatic rings. The molecular weight excluding hydrogens is 361 g/mol. The van der Waals surface area contributed by atoms with E-state index >= 15 is 0 Å². The van der Waals surface area contributed by atoms with E-state index in [-0.39, 0.29) is 20.7 Å². The van der Waals surface area contributed by atoms with Crippen molar-refractivity contribution in [2.45, 2.75) is 19.8 Å². The second kappa shape index (κ2) is 6.31. The summed E-state index contributed by atoms with van der Waals surface area (Å²) in [6.07, 6.45) is 8.29. The van der Waals surface area contributed by atoms with Crippen LogP contribution < -0.4 is 0 Å². The van der Waals surface area contributed by atoms with Crippen molar-refractivity contribution in [3.63, 3.8) is 0 Å². The molecule has 2 nitrogen and oxygen atoms in total. The molecule has 0 spiro atoms. The number of allylic oxidation sites excluding steroid dienone is 3. The van der Waals surface area contributed by atoms with Crippen LogP contribution in [0.5, 0.6) is 0 Å². The molecule has 2 heterocycles. The number of oxazole rings is 1. The number of hydrogen-bond acceptors (Lipinski definition) is 2. The van der Waals surface area contributed by atoms with E-state index in [1.54, 1.807) is 0 Å². The first kappa shape index (κ1) is 13.5. The van der Waals surface area contributed by atoms with Crippen molar-refractivity contribution >= 4 is 30.3 Å². The number of rotatable bonds is 4. The molecule has 1 aromatic carbocycles. The van der Waals surface area contributed by atoms with E-state index in [1.165, 1.54) is 12.0 Å². The minimum Gasteiger partial charge on any atom is -0.436 e. The average Bonchev–Trinajstić information content (AvgIpc) is 2.99. The van der Waals surface area contributed by atoms with Gasteiger partial charge in [-0.2, -0.15) is 0 Å². The summed E-state index contributed by atoms with van der Waals surface area (Å²) >= 11 is 0.0323. The molecule has 3 heteroatoms. The van der Waals surface area contributed by atoms with Crippen LogP contribution >= 0.6 is 20.7 Å². The summed E-state index contributed by atoms with van der Waals surface area (Å²) in [5.41, 5.74) is 3.56. The van der Waals surface area contributed by atoms with Gasteiger partial charge in [-0.1, -0.05) is 58.4 Å². The Morgan fingerprint density at radius 3 is 2.75 bits per heavy atom. The molecule has 0 amide bonds. The van der Waals surface area contributed by atoms with Gasteiger partial charge in [-0.25, -0.2) is 4.98 Å². The predicted molar refractivity (Wildman–Crippen MR) is 93.1 cm³/mol. The number of aryl methyl sites for hydroxylation is 1. The number of hydrogen-bond donors (Lipinski definition) is 0. The molecule has 3 rings (SSSR count). The van der Waals surface area contributed by atoms with Crippen LogP contribution in [0.1, 0.15) is 24.7 Å². The quantitative estimate of drug-likeness (QED) is 0.703. The Morgan fingerprint density at radius 2 is 2.05 bits per heavy atom. The summed E-state index contributed by atoms with van der Waals surface area (Å²) in [5, 5.41) is 0. The molecule has 1 aromatic heterocycles. The highest BCUT2D eigenvalue weighted by Crippen LogP contribution is 2.25. The predicted octanol–water partition coefficient (Wildman–Crippen LogP) is 4.98. The van der Waals surface area contributed by atoms with Crippen LogP contribution in [-0.2, 0) is 6.42 Å². The molecule has 102 valence electrons. The summed E-state index contributed by atoms with van der Waals surface area (Å²) in [4.78, 5) is 4.40. The van der Waals surface area contributed by atoms with Crippen molar-refractivity contribution < 1.29 is 4.42 Å². The van der Waals surface area contributed by atoms with Gasteiger partial charge in [0.05, 0.1) is 6.20 Å². The van der Waals surface area contributed by atoms with Gasteiger partial charge >= 0.3 is 0 Å². The fourth-order valence-corrected chi connectivity index (χ4v) is 3.66. The molecule has 0 aliphatic carbocycles. The van der Waals surface area contributed by atoms with E-state index in [2.05, 4.69) is 56.4 Å². The number of benzene rings is 1. The first-order valence-corrected chi connectivity index (χ1v) is 9.23. The standard InChI is InChI=1S/C17H16INO/c1-2-4-13-6-8-14(9-7-13)17-19-12-16(20-17)15-5-3-10-18-11-15/h3,5-12H,2,4H2,1H3. The normalized spacial score (nSPS) is 13.9. The topological polar surface area (TPSA) is 26.0 Å². The van der Waals surface area contributed by atoms with Gasteiger partial charge in [0.25, 0.3) is 0 Å². The molecular formula is C17H16INO. The van der Waals surface area contributed by atoms with Gasteiger partial charge in [0, 0.05) is 11.1 Å². The minimum absolute atomic E-state index is 0.0323. The third-order valence-electron chi connectivity index (χ3n) is 3.13. The third kappa shape index (κ3) is 2.98. The lowest BCUT2D eigenvalue weighted by molar-refractivity contribution is 0.563. The number of aromatic nitrogens is 1. The summed E-state index contributed by atoms with van der Waals surface area (Å²) in [7, 11) is 0. The molecule has 0 saturated heterocycles. The van der Waals surface area contributed by atoms with Gasteiger partial charge in [-0.05, 0) is 32.2 Å². The molecule has 0 unspecified atom stereocenters. The Bertz CT molecular complexity index is 677. The lowest BCUT2D eigenvalue weighted by Crippen LogP contribution is -1.83. The van der Waals surface area contributed by atoms with E-state index < -0.39 is 0 Å². The van der Waals surface area contributed by atoms with Crippen molar-refractivity contribution in [3.8, 4) is 11.5 Å². The zero-order chi connectivity index (χ0) is 13.8. The maximum Gasteiger partial charge on any atom is 0.226 e. The Labute approximate surface area is 129 Å². The molecule has 0 N–H and O–H groups in total. The van der Waals surface area contributed by atoms with Crippen LogP contribution in [0.2, 0.25) is 0 Å². The second-order valence-electron chi connectivity index (χ2n) is 4.65. The van der Waals surface area contributed by atoms with Crippen LogP contribution in [0.3, 0.4) is 0 Å². The van der Waals surface area contributed by atoms with Crippen LogP contribution in [0.25, 0.3) is 17.0 Å². The molecule has 20 heavy (non-hydrogen) atoms. The maximum absolute atomic E-state index is 5.88. The number of halogens is 1. The highest BCUT2D eigenvalue weighted by atomic mass is 127. The molecule has 1 aliphatic rings. The molecule has 0 atom stereocenters. The van der Waals surface area contributed by atoms with Gasteiger partial charge in [-0.15, -0.1) is 0 Å². The highest BCUT2D eigenvalue weighted by Gasteiger charge is 2.09. The summed E-state index contributed by atoms with van der Waals surface area (Å²) in [6, 6.07) is 8.49. The third-order valence-corrected chi connectivity index (χ3v) is 4.99. The van der Waals surface area contributed by atoms with Gasteiger partial charge < -0.3 is 4.42 Å². The maximum atomic E-state index is 5.88. The zero-order valence-electron chi connectivity index (χ0n) is 11.3. The van der Waals surface area contributed by atoms with Crippen LogP contribution in [0.4, 0.5) is 0 Å². The van der Waals surface area contributed by atoms with Gasteiger partial charge in [0.1, 0.15) is 0 Å². The Hall–Kier alpha value is -1.49. The first-order valence-electron chi connectivity index (χ1n) is 6.74. The Balaban J connectivity index is 1.84. The summed E-state index contributed by atoms with van der Waals surface area (Å²) in [5.74, 6) is 1.56. The fourth-order valence-electron chi connectivity index (χ4n) is 2.10. The van der Waals surface area contributed by atoms with Crippen molar-refractivity contribution in [2.24, 2.45) is 0 Å². The molecule has 1 aliphatic heterocycles. The monoisotopic (exact) mass is 377 g/mol. The molecule has 0 fully saturated rings. The van der Waals surface area contributed by atoms with E-state index in [0.29, 0.717) is 5.89 Å². The molecule has 0 bridgehead atoms. The van der Waals surface area contributed by atoms with Crippen molar-refractivity contribution in [1.29, 1.82) is 0 Å². The Kier molecular flexibility index (Phi) is 4.25. The van der Waals surface area contributed by atoms with E-state index in [4.69, 9.17) is 4.42 Å². The first-order chi connectivity index (χ1) is 9.86. The van der Waals surface area contributed by atoms with Crippen molar-refractivity contribution in [2.75, 3.05) is 0 Å². The average molecular weight is 377 g/mol. The van der Waals surface area contributed by atoms with Crippen molar-refractivity contribution in [3.05, 3.63) is 58.0 Å². The van der Waals surface area contributed by atoms with Gasteiger partial charge in [-0.3, -0.25) is 0 Å². The summed E-state index contributed by atoms with van der Waals surface area (Å²) in [6.45, 7) is 2.19. The smallest absolute Gasteiger partial charge is 0.226 e. The number of nitrogens with zero attached hydrogens (tertiary/aromatic N) is 1. The highest BCUT2D eigenvalue weighted by molar-refractivity contribution is 14.2. The largest absolute Gasteiger partial charge is 0.436 e. The lowest BCUT2D eigenvalue weighted by atomic mass is 10.1. The molecule has 0 saturated carbocycles. The Morgan fingerprint density at radius 1 is 1.20 bits per heavy atom. The van der Waals surface area contributed by atoms with Gasteiger partial charge in [0.15, 0.2) is 5.76 Å². The van der Waals surface area contributed by atoms with Crippen LogP contribution in [0, 0.1) is 0 Å². The SMILES string of the molecule is CCCc1ccc(-c2ncc(C3=CC=CI=C3)o2)cc1. The lowest BCUT2D eigenvalue weighted by Gasteiger charge is -2.00. The molecule has 0 radical (unpaired) electrons. The van der Waals surface area contributed by atoms with E-state index in [0.717, 1.165) is 23.3 Å². The zero-order valence-corrected chi connectivity index (χ0v) is 13.5. The van der Waals surface area contributed by atoms with E-state index in [1.807, 2.05) is 6.20 Å². The van der Waals surface area contributed by atoms with Crippen LogP contribution in [0.15, 0.2) is 51.1 Å².